The monoisotopic (exact) mass is 235 g/mol. The van der Waals surface area contributed by atoms with Gasteiger partial charge in [0.05, 0.1) is 0 Å². The Bertz CT molecular complexity index is 449. The number of carbonyl (C=O) groups excluding carboxylic acids is 1. The van der Waals surface area contributed by atoms with Crippen molar-refractivity contribution in [3.63, 3.8) is 0 Å². The van der Waals surface area contributed by atoms with Crippen LogP contribution in [0.15, 0.2) is 23.3 Å². The van der Waals surface area contributed by atoms with Crippen LogP contribution in [-0.4, -0.2) is 41.5 Å². The van der Waals surface area contributed by atoms with Gasteiger partial charge in [0.25, 0.3) is 5.91 Å². The van der Waals surface area contributed by atoms with Crippen molar-refractivity contribution in [2.45, 2.75) is 19.4 Å². The van der Waals surface area contributed by atoms with E-state index in [9.17, 15) is 9.59 Å². The van der Waals surface area contributed by atoms with Gasteiger partial charge in [-0.2, -0.15) is 0 Å². The maximum Gasteiger partial charge on any atom is 0.259 e. The summed E-state index contributed by atoms with van der Waals surface area (Å²) in [7, 11) is 0. The summed E-state index contributed by atoms with van der Waals surface area (Å²) in [5.74, 6) is -0.178. The van der Waals surface area contributed by atoms with Gasteiger partial charge < -0.3 is 15.2 Å². The zero-order chi connectivity index (χ0) is 12.3. The van der Waals surface area contributed by atoms with Crippen molar-refractivity contribution < 1.29 is 4.79 Å². The molecule has 1 saturated heterocycles. The van der Waals surface area contributed by atoms with Crippen molar-refractivity contribution >= 4 is 5.91 Å². The molecule has 1 atom stereocenters. The lowest BCUT2D eigenvalue weighted by Crippen LogP contribution is -2.43. The highest BCUT2D eigenvalue weighted by molar-refractivity contribution is 5.94. The van der Waals surface area contributed by atoms with Crippen LogP contribution < -0.4 is 10.7 Å². The number of likely N-dealkylation sites (N-methyl/N-ethyl adjacent to an activating group) is 1. The van der Waals surface area contributed by atoms with Crippen LogP contribution in [0.1, 0.15) is 23.7 Å². The number of aromatic nitrogens is 1. The highest BCUT2D eigenvalue weighted by Gasteiger charge is 2.26. The highest BCUT2D eigenvalue weighted by Crippen LogP contribution is 2.11. The van der Waals surface area contributed by atoms with E-state index in [-0.39, 0.29) is 22.9 Å². The van der Waals surface area contributed by atoms with Crippen molar-refractivity contribution in [3.8, 4) is 0 Å². The molecule has 1 amide bonds. The molecule has 1 aliphatic heterocycles. The molecule has 1 fully saturated rings. The normalized spacial score (nSPS) is 19.2. The lowest BCUT2D eigenvalue weighted by molar-refractivity contribution is 0.0702. The lowest BCUT2D eigenvalue weighted by Gasteiger charge is -2.26. The number of nitrogens with one attached hydrogen (secondary N) is 2. The number of hydrogen-bond donors (Lipinski definition) is 2. The van der Waals surface area contributed by atoms with E-state index >= 15 is 0 Å². The van der Waals surface area contributed by atoms with Gasteiger partial charge in [0.2, 0.25) is 0 Å². The Labute approximate surface area is 99.8 Å². The van der Waals surface area contributed by atoms with E-state index in [1.165, 1.54) is 18.5 Å². The highest BCUT2D eigenvalue weighted by atomic mass is 16.2. The number of pyridine rings is 1. The third kappa shape index (κ3) is 2.39. The first kappa shape index (κ1) is 11.9. The molecule has 5 nitrogen and oxygen atoms in total. The van der Waals surface area contributed by atoms with Gasteiger partial charge in [-0.25, -0.2) is 0 Å². The summed E-state index contributed by atoms with van der Waals surface area (Å²) in [5.41, 5.74) is -0.000550. The SMILES string of the molecule is CCN(C(=O)c1c[nH]ccc1=O)C1CCNC1. The van der Waals surface area contributed by atoms with Crippen LogP contribution in [-0.2, 0) is 0 Å². The van der Waals surface area contributed by atoms with E-state index in [0.717, 1.165) is 19.5 Å². The second kappa shape index (κ2) is 5.14. The molecule has 0 bridgehead atoms. The summed E-state index contributed by atoms with van der Waals surface area (Å²) in [6.45, 7) is 4.30. The van der Waals surface area contributed by atoms with Gasteiger partial charge >= 0.3 is 0 Å². The Balaban J connectivity index is 2.23. The smallest absolute Gasteiger partial charge is 0.259 e. The van der Waals surface area contributed by atoms with E-state index in [1.54, 1.807) is 4.90 Å². The standard InChI is InChI=1S/C12H17N3O2/c1-2-15(9-3-5-13-7-9)12(17)10-8-14-6-4-11(10)16/h4,6,8-9,13H,2-3,5,7H2,1H3,(H,14,16). The molecule has 0 aliphatic carbocycles. The fourth-order valence-corrected chi connectivity index (χ4v) is 2.21. The lowest BCUT2D eigenvalue weighted by atomic mass is 10.1. The maximum absolute atomic E-state index is 12.3. The first-order valence-electron chi connectivity index (χ1n) is 5.93. The Morgan fingerprint density at radius 1 is 1.59 bits per heavy atom. The van der Waals surface area contributed by atoms with Crippen LogP contribution in [0.4, 0.5) is 0 Å². The molecule has 2 heterocycles. The number of nitrogens with zero attached hydrogens (tertiary/aromatic N) is 1. The van der Waals surface area contributed by atoms with Crippen molar-refractivity contribution in [1.29, 1.82) is 0 Å². The molecule has 1 aromatic rings. The molecule has 1 aromatic heterocycles. The second-order valence-electron chi connectivity index (χ2n) is 4.16. The minimum atomic E-state index is -0.224. The molecule has 92 valence electrons. The number of carbonyl (C=O) groups is 1. The zero-order valence-electron chi connectivity index (χ0n) is 9.90. The summed E-state index contributed by atoms with van der Waals surface area (Å²) in [6.07, 6.45) is 3.96. The zero-order valence-corrected chi connectivity index (χ0v) is 9.90. The third-order valence-electron chi connectivity index (χ3n) is 3.13. The molecule has 0 spiro atoms. The van der Waals surface area contributed by atoms with E-state index < -0.39 is 0 Å². The Kier molecular flexibility index (Phi) is 3.58. The van der Waals surface area contributed by atoms with Crippen LogP contribution in [0.2, 0.25) is 0 Å². The molecule has 1 unspecified atom stereocenters. The van der Waals surface area contributed by atoms with Crippen molar-refractivity contribution in [2.75, 3.05) is 19.6 Å². The summed E-state index contributed by atoms with van der Waals surface area (Å²) in [5, 5.41) is 3.23. The maximum atomic E-state index is 12.3. The van der Waals surface area contributed by atoms with Gasteiger partial charge in [-0.15, -0.1) is 0 Å². The molecule has 0 radical (unpaired) electrons. The molecule has 17 heavy (non-hydrogen) atoms. The van der Waals surface area contributed by atoms with Gasteiger partial charge in [-0.3, -0.25) is 9.59 Å². The quantitative estimate of drug-likeness (QED) is 0.786. The van der Waals surface area contributed by atoms with Gasteiger partial charge in [-0.05, 0) is 19.9 Å². The molecule has 5 heteroatoms. The van der Waals surface area contributed by atoms with Gasteiger partial charge in [-0.1, -0.05) is 0 Å². The van der Waals surface area contributed by atoms with Gasteiger partial charge in [0.1, 0.15) is 5.56 Å². The van der Waals surface area contributed by atoms with Crippen LogP contribution in [0.5, 0.6) is 0 Å². The Hall–Kier alpha value is -1.62. The average molecular weight is 235 g/mol. The average Bonchev–Trinajstić information content (AvgIpc) is 2.84. The number of H-pyrrole nitrogens is 1. The minimum absolute atomic E-state index is 0.178. The number of rotatable bonds is 3. The van der Waals surface area contributed by atoms with Crippen LogP contribution >= 0.6 is 0 Å². The predicted octanol–water partition coefficient (Wildman–Crippen LogP) is 0.199. The molecule has 2 N–H and O–H groups in total. The van der Waals surface area contributed by atoms with Crippen LogP contribution in [0.25, 0.3) is 0 Å². The van der Waals surface area contributed by atoms with Crippen molar-refractivity contribution in [3.05, 3.63) is 34.2 Å². The van der Waals surface area contributed by atoms with Gasteiger partial charge in [0, 0.05) is 37.6 Å². The second-order valence-corrected chi connectivity index (χ2v) is 4.16. The Morgan fingerprint density at radius 3 is 3.00 bits per heavy atom. The van der Waals surface area contributed by atoms with Crippen molar-refractivity contribution in [1.82, 2.24) is 15.2 Å². The molecule has 0 aromatic carbocycles. The number of hydrogen-bond acceptors (Lipinski definition) is 3. The summed E-state index contributed by atoms with van der Waals surface area (Å²) in [6, 6.07) is 1.58. The summed E-state index contributed by atoms with van der Waals surface area (Å²) < 4.78 is 0. The third-order valence-corrected chi connectivity index (χ3v) is 3.13. The molecular formula is C12H17N3O2. The summed E-state index contributed by atoms with van der Waals surface area (Å²) in [4.78, 5) is 28.4. The van der Waals surface area contributed by atoms with Crippen molar-refractivity contribution in [2.24, 2.45) is 0 Å². The number of aromatic amines is 1. The molecule has 2 rings (SSSR count). The van der Waals surface area contributed by atoms with E-state index in [2.05, 4.69) is 10.3 Å². The van der Waals surface area contributed by atoms with Crippen LogP contribution in [0.3, 0.4) is 0 Å². The minimum Gasteiger partial charge on any atom is -0.367 e. The predicted molar refractivity (Wildman–Crippen MR) is 65.0 cm³/mol. The first-order chi connectivity index (χ1) is 8.24. The van der Waals surface area contributed by atoms with Crippen LogP contribution in [0, 0.1) is 0 Å². The fraction of sp³-hybridized carbons (Fsp3) is 0.500. The first-order valence-corrected chi connectivity index (χ1v) is 5.93. The molecular weight excluding hydrogens is 218 g/mol. The van der Waals surface area contributed by atoms with Gasteiger partial charge in [0.15, 0.2) is 5.43 Å². The molecule has 0 saturated carbocycles. The number of amides is 1. The topological polar surface area (TPSA) is 65.2 Å². The largest absolute Gasteiger partial charge is 0.367 e. The van der Waals surface area contributed by atoms with E-state index in [4.69, 9.17) is 0 Å². The van der Waals surface area contributed by atoms with E-state index in [1.807, 2.05) is 6.92 Å². The Morgan fingerprint density at radius 2 is 2.41 bits per heavy atom. The fourth-order valence-electron chi connectivity index (χ4n) is 2.21. The summed E-state index contributed by atoms with van der Waals surface area (Å²) >= 11 is 0. The molecule has 1 aliphatic rings. The van der Waals surface area contributed by atoms with E-state index in [0.29, 0.717) is 6.54 Å².